The summed E-state index contributed by atoms with van der Waals surface area (Å²) in [6.07, 6.45) is 2.23. The molecule has 0 aromatic heterocycles. The SMILES string of the molecule is CCN[C@@H]1CC(C(=O)OCc2ccccc2)CCN1CC[C@@](C)(CN(C)S(=O)(=O)c1ccccc1)c1ccccc1. The number of ether oxygens (including phenoxy) is 1. The molecule has 1 heterocycles. The minimum Gasteiger partial charge on any atom is -0.461 e. The molecule has 0 amide bonds. The highest BCUT2D eigenvalue weighted by molar-refractivity contribution is 7.89. The third-order valence-corrected chi connectivity index (χ3v) is 9.97. The number of nitrogens with one attached hydrogen (secondary N) is 1. The van der Waals surface area contributed by atoms with E-state index in [4.69, 9.17) is 4.74 Å². The first-order valence-electron chi connectivity index (χ1n) is 14.5. The zero-order valence-electron chi connectivity index (χ0n) is 24.4. The Morgan fingerprint density at radius 3 is 2.24 bits per heavy atom. The second kappa shape index (κ2) is 14.2. The second-order valence-electron chi connectivity index (χ2n) is 11.2. The number of likely N-dealkylation sites (N-methyl/N-ethyl adjacent to an activating group) is 1. The molecule has 1 fully saturated rings. The summed E-state index contributed by atoms with van der Waals surface area (Å²) >= 11 is 0. The lowest BCUT2D eigenvalue weighted by atomic mass is 9.79. The molecule has 1 aliphatic rings. The molecule has 1 aliphatic heterocycles. The maximum absolute atomic E-state index is 13.4. The third kappa shape index (κ3) is 8.04. The lowest BCUT2D eigenvalue weighted by molar-refractivity contribution is -0.152. The highest BCUT2D eigenvalue weighted by Gasteiger charge is 2.36. The van der Waals surface area contributed by atoms with Crippen LogP contribution in [0.4, 0.5) is 0 Å². The van der Waals surface area contributed by atoms with Crippen molar-refractivity contribution in [2.24, 2.45) is 5.92 Å². The second-order valence-corrected chi connectivity index (χ2v) is 13.2. The Morgan fingerprint density at radius 1 is 1.00 bits per heavy atom. The van der Waals surface area contributed by atoms with E-state index in [1.165, 1.54) is 4.31 Å². The van der Waals surface area contributed by atoms with Crippen LogP contribution in [0.1, 0.15) is 44.2 Å². The van der Waals surface area contributed by atoms with E-state index in [1.807, 2.05) is 54.6 Å². The van der Waals surface area contributed by atoms with Crippen molar-refractivity contribution in [3.63, 3.8) is 0 Å². The van der Waals surface area contributed by atoms with Crippen LogP contribution in [0.25, 0.3) is 0 Å². The summed E-state index contributed by atoms with van der Waals surface area (Å²) < 4.78 is 33.9. The molecule has 4 rings (SSSR count). The minimum atomic E-state index is -3.63. The Balaban J connectivity index is 1.44. The van der Waals surface area contributed by atoms with E-state index < -0.39 is 15.4 Å². The van der Waals surface area contributed by atoms with Crippen molar-refractivity contribution in [3.8, 4) is 0 Å². The van der Waals surface area contributed by atoms with Gasteiger partial charge in [-0.2, -0.15) is 0 Å². The number of nitrogens with zero attached hydrogens (tertiary/aromatic N) is 2. The molecule has 8 heteroatoms. The number of benzene rings is 3. The van der Waals surface area contributed by atoms with Crippen LogP contribution in [-0.2, 0) is 31.6 Å². The monoisotopic (exact) mass is 577 g/mol. The fraction of sp³-hybridized carbons (Fsp3) is 0.424. The van der Waals surface area contributed by atoms with Crippen LogP contribution in [-0.4, -0.2) is 63.0 Å². The first kappa shape index (κ1) is 30.9. The average Bonchev–Trinajstić information content (AvgIpc) is 3.00. The fourth-order valence-electron chi connectivity index (χ4n) is 5.68. The summed E-state index contributed by atoms with van der Waals surface area (Å²) in [5.41, 5.74) is 1.68. The van der Waals surface area contributed by atoms with Crippen LogP contribution >= 0.6 is 0 Å². The van der Waals surface area contributed by atoms with Gasteiger partial charge in [-0.1, -0.05) is 92.7 Å². The van der Waals surface area contributed by atoms with Crippen molar-refractivity contribution in [3.05, 3.63) is 102 Å². The minimum absolute atomic E-state index is 0.0498. The summed E-state index contributed by atoms with van der Waals surface area (Å²) in [5, 5.41) is 3.57. The maximum Gasteiger partial charge on any atom is 0.309 e. The summed E-state index contributed by atoms with van der Waals surface area (Å²) in [6, 6.07) is 28.5. The molecule has 1 unspecified atom stereocenters. The lowest BCUT2D eigenvalue weighted by Gasteiger charge is -2.42. The van der Waals surface area contributed by atoms with Crippen molar-refractivity contribution in [1.82, 2.24) is 14.5 Å². The number of esters is 1. The number of likely N-dealkylation sites (tertiary alicyclic amines) is 1. The van der Waals surface area contributed by atoms with E-state index in [1.54, 1.807) is 31.3 Å². The van der Waals surface area contributed by atoms with E-state index >= 15 is 0 Å². The predicted octanol–water partition coefficient (Wildman–Crippen LogP) is 5.05. The topological polar surface area (TPSA) is 79.0 Å². The Kier molecular flexibility index (Phi) is 10.7. The van der Waals surface area contributed by atoms with Crippen molar-refractivity contribution in [2.45, 2.75) is 56.2 Å². The summed E-state index contributed by atoms with van der Waals surface area (Å²) in [4.78, 5) is 15.6. The standard InChI is InChI=1S/C33H43N3O4S/c1-4-34-31-24-28(32(37)40-25-27-14-8-5-9-15-27)20-22-36(31)23-21-33(2,29-16-10-6-11-17-29)26-35(3)41(38,39)30-18-12-7-13-19-30/h5-19,28,31,34H,4,20-26H2,1-3H3/t28?,31-,33-/m0/s1. The Hall–Kier alpha value is -3.04. The van der Waals surface area contributed by atoms with Crippen LogP contribution in [0.3, 0.4) is 0 Å². The Morgan fingerprint density at radius 2 is 1.61 bits per heavy atom. The summed E-state index contributed by atoms with van der Waals surface area (Å²) in [7, 11) is -1.96. The predicted molar refractivity (Wildman–Crippen MR) is 163 cm³/mol. The molecule has 1 N–H and O–H groups in total. The van der Waals surface area contributed by atoms with Gasteiger partial charge in [0.15, 0.2) is 0 Å². The highest BCUT2D eigenvalue weighted by atomic mass is 32.2. The van der Waals surface area contributed by atoms with Gasteiger partial charge in [-0.3, -0.25) is 9.69 Å². The summed E-state index contributed by atoms with van der Waals surface area (Å²) in [6.45, 7) is 7.20. The maximum atomic E-state index is 13.4. The van der Waals surface area contributed by atoms with Gasteiger partial charge in [0.1, 0.15) is 6.61 Å². The highest BCUT2D eigenvalue weighted by Crippen LogP contribution is 2.32. The van der Waals surface area contributed by atoms with Gasteiger partial charge < -0.3 is 10.1 Å². The molecule has 1 saturated heterocycles. The van der Waals surface area contributed by atoms with E-state index in [0.29, 0.717) is 24.5 Å². The number of sulfonamides is 1. The number of piperidine rings is 1. The van der Waals surface area contributed by atoms with Crippen LogP contribution < -0.4 is 5.32 Å². The van der Waals surface area contributed by atoms with Gasteiger partial charge in [-0.05, 0) is 49.1 Å². The molecule has 0 radical (unpaired) electrons. The first-order valence-corrected chi connectivity index (χ1v) is 15.9. The molecule has 3 aromatic carbocycles. The van der Waals surface area contributed by atoms with E-state index in [9.17, 15) is 13.2 Å². The largest absolute Gasteiger partial charge is 0.461 e. The van der Waals surface area contributed by atoms with Gasteiger partial charge in [-0.15, -0.1) is 0 Å². The summed E-state index contributed by atoms with van der Waals surface area (Å²) in [5.74, 6) is -0.292. The molecule has 0 saturated carbocycles. The van der Waals surface area contributed by atoms with Crippen molar-refractivity contribution >= 4 is 16.0 Å². The fourth-order valence-corrected chi connectivity index (χ4v) is 7.00. The molecule has 3 aromatic rings. The molecule has 3 atom stereocenters. The Labute approximate surface area is 245 Å². The van der Waals surface area contributed by atoms with E-state index in [-0.39, 0.29) is 18.1 Å². The molecule has 41 heavy (non-hydrogen) atoms. The van der Waals surface area contributed by atoms with Crippen molar-refractivity contribution in [1.29, 1.82) is 0 Å². The zero-order valence-corrected chi connectivity index (χ0v) is 25.2. The smallest absolute Gasteiger partial charge is 0.309 e. The first-order chi connectivity index (χ1) is 19.7. The van der Waals surface area contributed by atoms with Crippen LogP contribution in [0.5, 0.6) is 0 Å². The number of hydrogen-bond acceptors (Lipinski definition) is 6. The number of carbonyl (C=O) groups is 1. The third-order valence-electron chi connectivity index (χ3n) is 8.15. The van der Waals surface area contributed by atoms with Gasteiger partial charge in [0, 0.05) is 32.1 Å². The van der Waals surface area contributed by atoms with Crippen LogP contribution in [0, 0.1) is 5.92 Å². The van der Waals surface area contributed by atoms with Gasteiger partial charge >= 0.3 is 5.97 Å². The van der Waals surface area contributed by atoms with Gasteiger partial charge in [0.2, 0.25) is 10.0 Å². The Bertz CT molecular complexity index is 1340. The molecular formula is C33H43N3O4S. The van der Waals surface area contributed by atoms with Crippen LogP contribution in [0.15, 0.2) is 95.9 Å². The van der Waals surface area contributed by atoms with Crippen molar-refractivity contribution < 1.29 is 17.9 Å². The normalized spacial score (nSPS) is 19.5. The van der Waals surface area contributed by atoms with Crippen molar-refractivity contribution in [2.75, 3.05) is 33.2 Å². The van der Waals surface area contributed by atoms with Gasteiger partial charge in [-0.25, -0.2) is 12.7 Å². The molecule has 0 bridgehead atoms. The molecule has 7 nitrogen and oxygen atoms in total. The molecule has 0 spiro atoms. The van der Waals surface area contributed by atoms with Gasteiger partial charge in [0.05, 0.1) is 17.0 Å². The number of rotatable bonds is 13. The lowest BCUT2D eigenvalue weighted by Crippen LogP contribution is -2.53. The van der Waals surface area contributed by atoms with E-state index in [0.717, 1.165) is 43.6 Å². The van der Waals surface area contributed by atoms with E-state index in [2.05, 4.69) is 36.2 Å². The molecule has 0 aliphatic carbocycles. The number of carbonyl (C=O) groups excluding carboxylic acids is 1. The quantitative estimate of drug-likeness (QED) is 0.287. The van der Waals surface area contributed by atoms with Crippen LogP contribution in [0.2, 0.25) is 0 Å². The average molecular weight is 578 g/mol. The van der Waals surface area contributed by atoms with Gasteiger partial charge in [0.25, 0.3) is 0 Å². The molecule has 220 valence electrons. The molecular weight excluding hydrogens is 534 g/mol. The zero-order chi connectivity index (χ0) is 29.3. The number of hydrogen-bond donors (Lipinski definition) is 1.